The summed E-state index contributed by atoms with van der Waals surface area (Å²) in [4.78, 5) is 39.2. The molecule has 2 aromatic heterocycles. The normalized spacial score (nSPS) is 25.3. The average Bonchev–Trinajstić information content (AvgIpc) is 2.86. The van der Waals surface area contributed by atoms with Crippen molar-refractivity contribution in [1.29, 1.82) is 0 Å². The second-order valence-electron chi connectivity index (χ2n) is 10.3. The molecule has 2 saturated heterocycles. The molecule has 0 aliphatic carbocycles. The lowest BCUT2D eigenvalue weighted by molar-refractivity contribution is -0.146. The standard InChI is InChI=1S/C27H38N6O2/c1-5-19-13-22(15-30-25(19)28)31-26(34)27(35)33-16-17(2)6-9-24(33)21-7-8-23(29-14-21)20-10-11-32(4)18(3)12-20/h7-8,13-15,17-18,20,24H,5-6,9-12,16H2,1-4H3,(H2,28,30)(H,31,34)/t17-,18+,20?,24+/m0/s1. The Hall–Kier alpha value is -3.00. The number of aryl methyl sites for hydroxylation is 1. The van der Waals surface area contributed by atoms with Gasteiger partial charge in [0.2, 0.25) is 0 Å². The summed E-state index contributed by atoms with van der Waals surface area (Å²) in [5, 5.41) is 2.72. The Balaban J connectivity index is 1.48. The Kier molecular flexibility index (Phi) is 7.69. The van der Waals surface area contributed by atoms with Crippen molar-refractivity contribution in [3.8, 4) is 0 Å². The lowest BCUT2D eigenvalue weighted by Gasteiger charge is -2.38. The first-order valence-corrected chi connectivity index (χ1v) is 12.8. The third-order valence-corrected chi connectivity index (χ3v) is 7.73. The van der Waals surface area contributed by atoms with Crippen molar-refractivity contribution >= 4 is 23.3 Å². The first-order chi connectivity index (χ1) is 16.8. The van der Waals surface area contributed by atoms with Gasteiger partial charge in [-0.3, -0.25) is 14.6 Å². The molecule has 1 unspecified atom stereocenters. The molecule has 2 amide bonds. The number of rotatable bonds is 4. The van der Waals surface area contributed by atoms with E-state index in [1.165, 1.54) is 6.20 Å². The molecule has 4 heterocycles. The summed E-state index contributed by atoms with van der Waals surface area (Å²) in [5.41, 5.74) is 9.30. The van der Waals surface area contributed by atoms with Crippen molar-refractivity contribution in [2.45, 2.75) is 70.9 Å². The van der Waals surface area contributed by atoms with Crippen LogP contribution in [0, 0.1) is 5.92 Å². The highest BCUT2D eigenvalue weighted by Crippen LogP contribution is 2.35. The molecule has 0 spiro atoms. The van der Waals surface area contributed by atoms with E-state index < -0.39 is 11.8 Å². The predicted molar refractivity (Wildman–Crippen MR) is 138 cm³/mol. The molecule has 0 aromatic carbocycles. The van der Waals surface area contributed by atoms with Crippen LogP contribution in [0.25, 0.3) is 0 Å². The van der Waals surface area contributed by atoms with Gasteiger partial charge in [-0.25, -0.2) is 4.98 Å². The summed E-state index contributed by atoms with van der Waals surface area (Å²) in [5.74, 6) is 0.0622. The quantitative estimate of drug-likeness (QED) is 0.649. The van der Waals surface area contributed by atoms with Crippen LogP contribution < -0.4 is 11.1 Å². The minimum Gasteiger partial charge on any atom is -0.383 e. The molecule has 2 aliphatic heterocycles. The number of carbonyl (C=O) groups excluding carboxylic acids is 2. The highest BCUT2D eigenvalue weighted by Gasteiger charge is 2.35. The first kappa shape index (κ1) is 25.1. The molecule has 35 heavy (non-hydrogen) atoms. The van der Waals surface area contributed by atoms with Crippen LogP contribution in [0.1, 0.15) is 75.2 Å². The third-order valence-electron chi connectivity index (χ3n) is 7.73. The topological polar surface area (TPSA) is 104 Å². The van der Waals surface area contributed by atoms with Gasteiger partial charge in [0.05, 0.1) is 17.9 Å². The zero-order chi connectivity index (χ0) is 25.1. The molecule has 2 fully saturated rings. The molecule has 0 radical (unpaired) electrons. The summed E-state index contributed by atoms with van der Waals surface area (Å²) >= 11 is 0. The van der Waals surface area contributed by atoms with Crippen molar-refractivity contribution in [3.63, 3.8) is 0 Å². The van der Waals surface area contributed by atoms with E-state index in [-0.39, 0.29) is 6.04 Å². The zero-order valence-corrected chi connectivity index (χ0v) is 21.3. The minimum absolute atomic E-state index is 0.154. The van der Waals surface area contributed by atoms with Crippen LogP contribution in [-0.2, 0) is 16.0 Å². The minimum atomic E-state index is -0.650. The van der Waals surface area contributed by atoms with Crippen molar-refractivity contribution in [2.75, 3.05) is 31.2 Å². The van der Waals surface area contributed by atoms with Gasteiger partial charge in [0.15, 0.2) is 0 Å². The molecular formula is C27H38N6O2. The van der Waals surface area contributed by atoms with Gasteiger partial charge < -0.3 is 20.9 Å². The number of nitrogen functional groups attached to an aromatic ring is 1. The van der Waals surface area contributed by atoms with E-state index in [1.54, 1.807) is 11.0 Å². The smallest absolute Gasteiger partial charge is 0.313 e. The Labute approximate surface area is 208 Å². The number of nitrogens with zero attached hydrogens (tertiary/aromatic N) is 4. The van der Waals surface area contributed by atoms with Gasteiger partial charge in [-0.05, 0) is 81.8 Å². The molecule has 8 heteroatoms. The molecule has 4 rings (SSSR count). The Morgan fingerprint density at radius 3 is 2.63 bits per heavy atom. The number of carbonyl (C=O) groups is 2. The van der Waals surface area contributed by atoms with Crippen LogP contribution in [0.5, 0.6) is 0 Å². The fraction of sp³-hybridized carbons (Fsp3) is 0.556. The largest absolute Gasteiger partial charge is 0.383 e. The van der Waals surface area contributed by atoms with Crippen molar-refractivity contribution in [3.05, 3.63) is 47.4 Å². The highest BCUT2D eigenvalue weighted by molar-refractivity contribution is 6.39. The number of likely N-dealkylation sites (tertiary alicyclic amines) is 2. The molecule has 3 N–H and O–H groups in total. The predicted octanol–water partition coefficient (Wildman–Crippen LogP) is 3.76. The average molecular weight is 479 g/mol. The summed E-state index contributed by atoms with van der Waals surface area (Å²) < 4.78 is 0. The molecule has 2 aromatic rings. The number of aromatic nitrogens is 2. The van der Waals surface area contributed by atoms with Crippen LogP contribution in [0.2, 0.25) is 0 Å². The lowest BCUT2D eigenvalue weighted by atomic mass is 9.87. The monoisotopic (exact) mass is 478 g/mol. The number of piperidine rings is 2. The van der Waals surface area contributed by atoms with E-state index in [4.69, 9.17) is 10.7 Å². The summed E-state index contributed by atoms with van der Waals surface area (Å²) in [6, 6.07) is 6.38. The maximum Gasteiger partial charge on any atom is 0.313 e. The maximum atomic E-state index is 13.3. The Morgan fingerprint density at radius 1 is 1.14 bits per heavy atom. The van der Waals surface area contributed by atoms with Gasteiger partial charge in [-0.2, -0.15) is 0 Å². The van der Waals surface area contributed by atoms with Crippen LogP contribution in [0.4, 0.5) is 11.5 Å². The van der Waals surface area contributed by atoms with Crippen LogP contribution in [0.3, 0.4) is 0 Å². The van der Waals surface area contributed by atoms with Gasteiger partial charge in [0.25, 0.3) is 0 Å². The second-order valence-corrected chi connectivity index (χ2v) is 10.3. The molecule has 4 atom stereocenters. The molecular weight excluding hydrogens is 440 g/mol. The molecule has 8 nitrogen and oxygen atoms in total. The van der Waals surface area contributed by atoms with Crippen molar-refractivity contribution in [1.82, 2.24) is 19.8 Å². The molecule has 2 aliphatic rings. The van der Waals surface area contributed by atoms with Crippen molar-refractivity contribution in [2.24, 2.45) is 5.92 Å². The van der Waals surface area contributed by atoms with Gasteiger partial charge >= 0.3 is 11.8 Å². The maximum absolute atomic E-state index is 13.3. The first-order valence-electron chi connectivity index (χ1n) is 12.8. The van der Waals surface area contributed by atoms with E-state index >= 15 is 0 Å². The number of anilines is 2. The Bertz CT molecular complexity index is 1060. The Morgan fingerprint density at radius 2 is 1.94 bits per heavy atom. The van der Waals surface area contributed by atoms with Gasteiger partial charge in [-0.15, -0.1) is 0 Å². The third kappa shape index (κ3) is 5.64. The van der Waals surface area contributed by atoms with Crippen LogP contribution in [0.15, 0.2) is 30.6 Å². The van der Waals surface area contributed by atoms with E-state index in [0.29, 0.717) is 42.3 Å². The summed E-state index contributed by atoms with van der Waals surface area (Å²) in [6.45, 7) is 7.98. The number of amides is 2. The molecule has 0 bridgehead atoms. The lowest BCUT2D eigenvalue weighted by Crippen LogP contribution is -2.46. The summed E-state index contributed by atoms with van der Waals surface area (Å²) in [7, 11) is 2.18. The zero-order valence-electron chi connectivity index (χ0n) is 21.3. The number of pyridine rings is 2. The van der Waals surface area contributed by atoms with Crippen molar-refractivity contribution < 1.29 is 9.59 Å². The van der Waals surface area contributed by atoms with Gasteiger partial charge in [-0.1, -0.05) is 19.9 Å². The number of nitrogens with two attached hydrogens (primary N) is 1. The van der Waals surface area contributed by atoms with E-state index in [9.17, 15) is 9.59 Å². The fourth-order valence-corrected chi connectivity index (χ4v) is 5.32. The van der Waals surface area contributed by atoms with E-state index in [1.807, 2.05) is 13.1 Å². The van der Waals surface area contributed by atoms with E-state index in [2.05, 4.69) is 48.2 Å². The number of hydrogen-bond donors (Lipinski definition) is 2. The second kappa shape index (κ2) is 10.7. The van der Waals surface area contributed by atoms with Gasteiger partial charge in [0.1, 0.15) is 5.82 Å². The number of nitrogens with one attached hydrogen (secondary N) is 1. The SMILES string of the molecule is CCc1cc(NC(=O)C(=O)N2C[C@@H](C)CC[C@@H]2c2ccc(C3CCN(C)[C@H](C)C3)nc2)cnc1N. The van der Waals surface area contributed by atoms with Gasteiger partial charge in [0, 0.05) is 30.4 Å². The number of hydrogen-bond acceptors (Lipinski definition) is 6. The van der Waals surface area contributed by atoms with E-state index in [0.717, 1.165) is 49.0 Å². The van der Waals surface area contributed by atoms with Crippen LogP contribution >= 0.6 is 0 Å². The fourth-order valence-electron chi connectivity index (χ4n) is 5.32. The molecule has 0 saturated carbocycles. The van der Waals surface area contributed by atoms with Crippen LogP contribution in [-0.4, -0.2) is 57.8 Å². The highest BCUT2D eigenvalue weighted by atomic mass is 16.2. The summed E-state index contributed by atoms with van der Waals surface area (Å²) in [6.07, 6.45) is 8.13. The molecule has 188 valence electrons.